The van der Waals surface area contributed by atoms with Gasteiger partial charge in [-0.2, -0.15) is 0 Å². The molecule has 0 spiro atoms. The lowest BCUT2D eigenvalue weighted by Crippen LogP contribution is -1.92. The van der Waals surface area contributed by atoms with Gasteiger partial charge in [0.05, 0.1) is 4.90 Å². The SMILES string of the molecule is Nc1ccc(N)c2cc(SO)ccc12.Nc1ccc(S(=O)O)cc1. The van der Waals surface area contributed by atoms with E-state index < -0.39 is 11.1 Å². The zero-order valence-electron chi connectivity index (χ0n) is 12.5. The van der Waals surface area contributed by atoms with Crippen molar-refractivity contribution in [2.24, 2.45) is 0 Å². The minimum absolute atomic E-state index is 0.370. The standard InChI is InChI=1S/C10H10N2OS.C6H7NO2S/c11-9-3-4-10(12)8-5-6(14-13)1-2-7(8)9;7-5-1-3-6(4-2-5)10(8)9/h1-5,13H,11-12H2;1-4H,7H2,(H,8,9). The fraction of sp³-hybridized carbons (Fsp3) is 0. The molecular weight excluding hydrogens is 346 g/mol. The predicted octanol–water partition coefficient (Wildman–Crippen LogP) is 3.42. The first-order valence-electron chi connectivity index (χ1n) is 6.78. The number of anilines is 3. The normalized spacial score (nSPS) is 11.6. The Hall–Kier alpha value is -2.26. The molecule has 0 bridgehead atoms. The van der Waals surface area contributed by atoms with Crippen molar-refractivity contribution >= 4 is 51.0 Å². The van der Waals surface area contributed by atoms with Crippen LogP contribution in [0.5, 0.6) is 0 Å². The number of hydrogen-bond acceptors (Lipinski definition) is 6. The number of fused-ring (bicyclic) bond motifs is 1. The number of nitrogens with two attached hydrogens (primary N) is 3. The maximum absolute atomic E-state index is 10.4. The summed E-state index contributed by atoms with van der Waals surface area (Å²) in [5, 5.41) is 1.80. The summed E-state index contributed by atoms with van der Waals surface area (Å²) in [4.78, 5) is 1.13. The van der Waals surface area contributed by atoms with Gasteiger partial charge in [0, 0.05) is 44.8 Å². The molecule has 126 valence electrons. The average Bonchev–Trinajstić information content (AvgIpc) is 2.59. The Morgan fingerprint density at radius 2 is 1.42 bits per heavy atom. The Morgan fingerprint density at radius 1 is 0.833 bits per heavy atom. The minimum atomic E-state index is -1.89. The molecule has 0 aliphatic heterocycles. The van der Waals surface area contributed by atoms with E-state index in [1.54, 1.807) is 24.3 Å². The van der Waals surface area contributed by atoms with Crippen molar-refractivity contribution in [2.75, 3.05) is 17.2 Å². The summed E-state index contributed by atoms with van der Waals surface area (Å²) in [6, 6.07) is 15.3. The van der Waals surface area contributed by atoms with E-state index in [2.05, 4.69) is 0 Å². The van der Waals surface area contributed by atoms with Crippen LogP contribution in [0.15, 0.2) is 64.4 Å². The smallest absolute Gasteiger partial charge is 0.186 e. The van der Waals surface area contributed by atoms with Crippen molar-refractivity contribution in [1.82, 2.24) is 0 Å². The van der Waals surface area contributed by atoms with Crippen LogP contribution in [0.3, 0.4) is 0 Å². The Bertz CT molecular complexity index is 870. The molecule has 0 aliphatic carbocycles. The van der Waals surface area contributed by atoms with Crippen molar-refractivity contribution < 1.29 is 13.3 Å². The number of nitrogen functional groups attached to an aromatic ring is 3. The van der Waals surface area contributed by atoms with Gasteiger partial charge >= 0.3 is 0 Å². The molecule has 3 rings (SSSR count). The van der Waals surface area contributed by atoms with Crippen LogP contribution >= 0.6 is 12.0 Å². The van der Waals surface area contributed by atoms with Crippen LogP contribution in [0, 0.1) is 0 Å². The molecule has 24 heavy (non-hydrogen) atoms. The molecule has 0 aromatic heterocycles. The molecule has 3 aromatic rings. The number of hydrogen-bond donors (Lipinski definition) is 5. The molecule has 8 N–H and O–H groups in total. The largest absolute Gasteiger partial charge is 0.399 e. The van der Waals surface area contributed by atoms with E-state index in [-0.39, 0.29) is 0 Å². The Morgan fingerprint density at radius 3 is 1.96 bits per heavy atom. The van der Waals surface area contributed by atoms with Crippen LogP contribution in [0.2, 0.25) is 0 Å². The predicted molar refractivity (Wildman–Crippen MR) is 101 cm³/mol. The maximum Gasteiger partial charge on any atom is 0.186 e. The molecule has 3 aromatic carbocycles. The first-order chi connectivity index (χ1) is 11.4. The highest BCUT2D eigenvalue weighted by Crippen LogP contribution is 2.29. The van der Waals surface area contributed by atoms with Crippen molar-refractivity contribution in [3.05, 3.63) is 54.6 Å². The van der Waals surface area contributed by atoms with Gasteiger partial charge < -0.3 is 26.3 Å². The van der Waals surface area contributed by atoms with Gasteiger partial charge in [0.25, 0.3) is 0 Å². The molecule has 0 fully saturated rings. The van der Waals surface area contributed by atoms with E-state index in [0.29, 0.717) is 34.0 Å². The number of benzene rings is 3. The van der Waals surface area contributed by atoms with Gasteiger partial charge in [-0.3, -0.25) is 0 Å². The van der Waals surface area contributed by atoms with Crippen LogP contribution in [0.4, 0.5) is 17.1 Å². The second kappa shape index (κ2) is 8.02. The van der Waals surface area contributed by atoms with Gasteiger partial charge in [0.2, 0.25) is 0 Å². The molecule has 0 heterocycles. The Balaban J connectivity index is 0.000000185. The summed E-state index contributed by atoms with van der Waals surface area (Å²) in [5.41, 5.74) is 18.9. The third-order valence-electron chi connectivity index (χ3n) is 3.24. The quantitative estimate of drug-likeness (QED) is 0.267. The van der Waals surface area contributed by atoms with Gasteiger partial charge in [0.1, 0.15) is 0 Å². The van der Waals surface area contributed by atoms with Crippen molar-refractivity contribution in [3.63, 3.8) is 0 Å². The van der Waals surface area contributed by atoms with Crippen LogP contribution < -0.4 is 17.2 Å². The lowest BCUT2D eigenvalue weighted by atomic mass is 10.1. The highest BCUT2D eigenvalue weighted by molar-refractivity contribution is 7.93. The lowest BCUT2D eigenvalue weighted by Gasteiger charge is -2.06. The van der Waals surface area contributed by atoms with Crippen molar-refractivity contribution in [3.8, 4) is 0 Å². The topological polar surface area (TPSA) is 136 Å². The Labute approximate surface area is 146 Å². The zero-order valence-corrected chi connectivity index (χ0v) is 14.2. The number of rotatable bonds is 2. The van der Waals surface area contributed by atoms with Gasteiger partial charge in [0.15, 0.2) is 11.1 Å². The van der Waals surface area contributed by atoms with Gasteiger partial charge in [-0.15, -0.1) is 0 Å². The highest BCUT2D eigenvalue weighted by Gasteiger charge is 2.02. The fourth-order valence-corrected chi connectivity index (χ4v) is 2.68. The van der Waals surface area contributed by atoms with E-state index in [1.165, 1.54) is 12.1 Å². The van der Waals surface area contributed by atoms with Crippen LogP contribution in [0.1, 0.15) is 0 Å². The molecule has 8 heteroatoms. The summed E-state index contributed by atoms with van der Waals surface area (Å²) in [7, 11) is 0. The molecule has 1 unspecified atom stereocenters. The first kappa shape index (κ1) is 18.1. The average molecular weight is 363 g/mol. The van der Waals surface area contributed by atoms with E-state index in [1.807, 2.05) is 18.2 Å². The molecular formula is C16H17N3O3S2. The molecule has 0 aliphatic rings. The molecule has 0 amide bonds. The summed E-state index contributed by atoms with van der Waals surface area (Å²) in [6.07, 6.45) is 0. The summed E-state index contributed by atoms with van der Waals surface area (Å²) in [5.74, 6) is 0. The monoisotopic (exact) mass is 363 g/mol. The molecule has 6 nitrogen and oxygen atoms in total. The fourth-order valence-electron chi connectivity index (χ4n) is 2.01. The third kappa shape index (κ3) is 4.39. The van der Waals surface area contributed by atoms with Crippen molar-refractivity contribution in [1.29, 1.82) is 0 Å². The van der Waals surface area contributed by atoms with Crippen LogP contribution in [-0.4, -0.2) is 13.3 Å². The molecule has 0 radical (unpaired) electrons. The van der Waals surface area contributed by atoms with E-state index in [9.17, 15) is 4.21 Å². The first-order valence-corrected chi connectivity index (χ1v) is 8.66. The summed E-state index contributed by atoms with van der Waals surface area (Å²) < 4.78 is 27.8. The summed E-state index contributed by atoms with van der Waals surface area (Å²) in [6.45, 7) is 0. The molecule has 1 atom stereocenters. The summed E-state index contributed by atoms with van der Waals surface area (Å²) >= 11 is -1.19. The van der Waals surface area contributed by atoms with Gasteiger partial charge in [-0.05, 0) is 48.5 Å². The van der Waals surface area contributed by atoms with E-state index >= 15 is 0 Å². The van der Waals surface area contributed by atoms with Crippen LogP contribution in [0.25, 0.3) is 10.8 Å². The maximum atomic E-state index is 10.4. The van der Waals surface area contributed by atoms with Gasteiger partial charge in [-0.1, -0.05) is 6.07 Å². The molecule has 0 saturated heterocycles. The minimum Gasteiger partial charge on any atom is -0.399 e. The second-order valence-corrected chi connectivity index (χ2v) is 6.48. The van der Waals surface area contributed by atoms with Crippen molar-refractivity contribution in [2.45, 2.75) is 9.79 Å². The zero-order chi connectivity index (χ0) is 17.7. The van der Waals surface area contributed by atoms with Gasteiger partial charge in [-0.25, -0.2) is 4.21 Å². The lowest BCUT2D eigenvalue weighted by molar-refractivity contribution is 0.564. The van der Waals surface area contributed by atoms with E-state index in [0.717, 1.165) is 15.7 Å². The van der Waals surface area contributed by atoms with Crippen LogP contribution in [-0.2, 0) is 11.1 Å². The molecule has 0 saturated carbocycles. The third-order valence-corrected chi connectivity index (χ3v) is 4.38. The van der Waals surface area contributed by atoms with E-state index in [4.69, 9.17) is 26.3 Å². The second-order valence-electron chi connectivity index (χ2n) is 4.86. The highest BCUT2D eigenvalue weighted by atomic mass is 32.2. The Kier molecular flexibility index (Phi) is 6.04.